The standard InChI is InChI=1S/C25H17N3O3S2/c29-22(28-16-7-1-3-11-20(16)33-21-12-4-2-8-17(21)28)15-32-25-26-23(18-9-5-13-30-18)24(27-25)19-10-6-14-31-19/h1-14H,15H2,(H,26,27). The molecule has 0 unspecified atom stereocenters. The van der Waals surface area contributed by atoms with Crippen LogP contribution in [0.3, 0.4) is 0 Å². The lowest BCUT2D eigenvalue weighted by atomic mass is 10.2. The number of furan rings is 2. The van der Waals surface area contributed by atoms with Crippen LogP contribution in [0.1, 0.15) is 0 Å². The summed E-state index contributed by atoms with van der Waals surface area (Å²) in [6.45, 7) is 0. The maximum atomic E-state index is 13.5. The van der Waals surface area contributed by atoms with Crippen LogP contribution in [0.2, 0.25) is 0 Å². The molecular weight excluding hydrogens is 454 g/mol. The molecule has 0 fully saturated rings. The molecular formula is C25H17N3O3S2. The summed E-state index contributed by atoms with van der Waals surface area (Å²) in [7, 11) is 0. The lowest BCUT2D eigenvalue weighted by Gasteiger charge is -2.30. The van der Waals surface area contributed by atoms with Gasteiger partial charge in [-0.25, -0.2) is 4.98 Å². The normalized spacial score (nSPS) is 12.4. The molecule has 0 saturated carbocycles. The molecule has 4 heterocycles. The Morgan fingerprint density at radius 1 is 0.879 bits per heavy atom. The Kier molecular flexibility index (Phi) is 5.09. The average molecular weight is 472 g/mol. The second kappa shape index (κ2) is 8.38. The number of aromatic nitrogens is 2. The molecule has 0 atom stereocenters. The predicted molar refractivity (Wildman–Crippen MR) is 129 cm³/mol. The van der Waals surface area contributed by atoms with Crippen LogP contribution in [0.4, 0.5) is 11.4 Å². The van der Waals surface area contributed by atoms with Crippen LogP contribution >= 0.6 is 23.5 Å². The van der Waals surface area contributed by atoms with E-state index in [-0.39, 0.29) is 11.7 Å². The van der Waals surface area contributed by atoms with Gasteiger partial charge in [0.1, 0.15) is 11.4 Å². The number of H-pyrrole nitrogens is 1. The van der Waals surface area contributed by atoms with Gasteiger partial charge in [0.05, 0.1) is 29.7 Å². The van der Waals surface area contributed by atoms with Crippen LogP contribution in [0.5, 0.6) is 0 Å². The second-order valence-corrected chi connectivity index (χ2v) is 9.32. The number of nitrogens with zero attached hydrogens (tertiary/aromatic N) is 2. The number of amides is 1. The molecule has 5 aromatic rings. The maximum Gasteiger partial charge on any atom is 0.242 e. The average Bonchev–Trinajstić information content (AvgIpc) is 3.62. The third-order valence-corrected chi connectivity index (χ3v) is 7.21. The summed E-state index contributed by atoms with van der Waals surface area (Å²) in [6.07, 6.45) is 3.22. The summed E-state index contributed by atoms with van der Waals surface area (Å²) in [4.78, 5) is 25.4. The Hall–Kier alpha value is -3.62. The van der Waals surface area contributed by atoms with Crippen molar-refractivity contribution in [3.8, 4) is 22.9 Å². The summed E-state index contributed by atoms with van der Waals surface area (Å²) in [6, 6.07) is 23.3. The van der Waals surface area contributed by atoms with Crippen molar-refractivity contribution in [2.24, 2.45) is 0 Å². The number of hydrogen-bond acceptors (Lipinski definition) is 6. The van der Waals surface area contributed by atoms with Crippen LogP contribution in [0.15, 0.2) is 109 Å². The van der Waals surface area contributed by atoms with E-state index in [2.05, 4.69) is 4.98 Å². The first-order valence-electron chi connectivity index (χ1n) is 10.3. The van der Waals surface area contributed by atoms with E-state index in [1.54, 1.807) is 29.2 Å². The molecule has 1 amide bonds. The minimum atomic E-state index is -0.0179. The molecule has 6 rings (SSSR count). The summed E-state index contributed by atoms with van der Waals surface area (Å²) in [5, 5.41) is 0.620. The van der Waals surface area contributed by atoms with Gasteiger partial charge in [-0.2, -0.15) is 0 Å². The third kappa shape index (κ3) is 3.67. The maximum absolute atomic E-state index is 13.5. The summed E-state index contributed by atoms with van der Waals surface area (Å²) in [5.74, 6) is 1.49. The first-order valence-corrected chi connectivity index (χ1v) is 12.1. The zero-order valence-electron chi connectivity index (χ0n) is 17.2. The van der Waals surface area contributed by atoms with Crippen LogP contribution in [0, 0.1) is 0 Å². The van der Waals surface area contributed by atoms with E-state index >= 15 is 0 Å². The molecule has 162 valence electrons. The quantitative estimate of drug-likeness (QED) is 0.283. The molecule has 0 radical (unpaired) electrons. The molecule has 1 N–H and O–H groups in total. The van der Waals surface area contributed by atoms with E-state index in [0.29, 0.717) is 22.4 Å². The molecule has 2 aromatic carbocycles. The monoisotopic (exact) mass is 471 g/mol. The van der Waals surface area contributed by atoms with Gasteiger partial charge in [0.25, 0.3) is 0 Å². The molecule has 1 aliphatic rings. The molecule has 0 saturated heterocycles. The van der Waals surface area contributed by atoms with Crippen LogP contribution in [0.25, 0.3) is 22.9 Å². The van der Waals surface area contributed by atoms with E-state index in [1.165, 1.54) is 11.8 Å². The van der Waals surface area contributed by atoms with Gasteiger partial charge in [0, 0.05) is 9.79 Å². The van der Waals surface area contributed by atoms with Gasteiger partial charge in [-0.3, -0.25) is 9.69 Å². The Morgan fingerprint density at radius 3 is 2.15 bits per heavy atom. The fourth-order valence-corrected chi connectivity index (χ4v) is 5.56. The van der Waals surface area contributed by atoms with Gasteiger partial charge < -0.3 is 13.8 Å². The molecule has 8 heteroatoms. The Labute approximate surface area is 198 Å². The molecule has 0 bridgehead atoms. The molecule has 0 aliphatic carbocycles. The smallest absolute Gasteiger partial charge is 0.242 e. The Bertz CT molecular complexity index is 1330. The van der Waals surface area contributed by atoms with E-state index in [0.717, 1.165) is 26.9 Å². The topological polar surface area (TPSA) is 75.3 Å². The number of nitrogens with one attached hydrogen (secondary N) is 1. The van der Waals surface area contributed by atoms with Crippen molar-refractivity contribution < 1.29 is 13.6 Å². The number of carbonyl (C=O) groups excluding carboxylic acids is 1. The number of benzene rings is 2. The zero-order chi connectivity index (χ0) is 22.2. The number of thioether (sulfide) groups is 1. The number of carbonyl (C=O) groups is 1. The van der Waals surface area contributed by atoms with Crippen molar-refractivity contribution in [1.29, 1.82) is 0 Å². The third-order valence-electron chi connectivity index (χ3n) is 5.22. The molecule has 3 aromatic heterocycles. The van der Waals surface area contributed by atoms with Crippen LogP contribution in [-0.2, 0) is 4.79 Å². The zero-order valence-corrected chi connectivity index (χ0v) is 18.9. The summed E-state index contributed by atoms with van der Waals surface area (Å²) >= 11 is 3.03. The predicted octanol–water partition coefficient (Wildman–Crippen LogP) is 6.85. The van der Waals surface area contributed by atoms with Gasteiger partial charge in [-0.15, -0.1) is 0 Å². The van der Waals surface area contributed by atoms with Crippen LogP contribution < -0.4 is 4.90 Å². The highest BCUT2D eigenvalue weighted by molar-refractivity contribution is 8.00. The Morgan fingerprint density at radius 2 is 1.52 bits per heavy atom. The number of aromatic amines is 1. The number of fused-ring (bicyclic) bond motifs is 2. The molecule has 6 nitrogen and oxygen atoms in total. The van der Waals surface area contributed by atoms with Crippen LogP contribution in [-0.4, -0.2) is 21.6 Å². The van der Waals surface area contributed by atoms with Crippen molar-refractivity contribution in [2.45, 2.75) is 14.9 Å². The SMILES string of the molecule is O=C(CSc1nc(-c2ccco2)c(-c2ccco2)[nH]1)N1c2ccccc2Sc2ccccc21. The first-order chi connectivity index (χ1) is 16.3. The van der Waals surface area contributed by atoms with Crippen molar-refractivity contribution in [3.63, 3.8) is 0 Å². The van der Waals surface area contributed by atoms with Gasteiger partial charge in [0.15, 0.2) is 16.7 Å². The highest BCUT2D eigenvalue weighted by Gasteiger charge is 2.28. The lowest BCUT2D eigenvalue weighted by molar-refractivity contribution is -0.115. The number of hydrogen-bond donors (Lipinski definition) is 1. The van der Waals surface area contributed by atoms with Gasteiger partial charge in [-0.05, 0) is 48.5 Å². The number of rotatable bonds is 5. The minimum absolute atomic E-state index is 0.0179. The number of para-hydroxylation sites is 2. The van der Waals surface area contributed by atoms with Gasteiger partial charge in [-0.1, -0.05) is 47.8 Å². The second-order valence-electron chi connectivity index (χ2n) is 7.28. The fourth-order valence-electron chi connectivity index (χ4n) is 3.78. The van der Waals surface area contributed by atoms with Gasteiger partial charge >= 0.3 is 0 Å². The number of anilines is 2. The Balaban J connectivity index is 1.30. The summed E-state index contributed by atoms with van der Waals surface area (Å²) in [5.41, 5.74) is 3.17. The highest BCUT2D eigenvalue weighted by atomic mass is 32.2. The van der Waals surface area contributed by atoms with Gasteiger partial charge in [0.2, 0.25) is 5.91 Å². The van der Waals surface area contributed by atoms with E-state index in [4.69, 9.17) is 13.8 Å². The largest absolute Gasteiger partial charge is 0.463 e. The van der Waals surface area contributed by atoms with Crippen molar-refractivity contribution in [1.82, 2.24) is 9.97 Å². The summed E-state index contributed by atoms with van der Waals surface area (Å²) < 4.78 is 11.1. The molecule has 1 aliphatic heterocycles. The van der Waals surface area contributed by atoms with E-state index in [1.807, 2.05) is 72.8 Å². The number of imidazole rings is 1. The van der Waals surface area contributed by atoms with Crippen molar-refractivity contribution in [3.05, 3.63) is 85.3 Å². The van der Waals surface area contributed by atoms with Crippen molar-refractivity contribution in [2.75, 3.05) is 10.7 Å². The first kappa shape index (κ1) is 20.0. The molecule has 0 spiro atoms. The highest BCUT2D eigenvalue weighted by Crippen LogP contribution is 2.48. The fraction of sp³-hybridized carbons (Fsp3) is 0.0400. The van der Waals surface area contributed by atoms with Crippen molar-refractivity contribution >= 4 is 40.8 Å². The minimum Gasteiger partial charge on any atom is -0.463 e. The molecule has 33 heavy (non-hydrogen) atoms. The van der Waals surface area contributed by atoms with E-state index < -0.39 is 0 Å². The van der Waals surface area contributed by atoms with E-state index in [9.17, 15) is 4.79 Å². The lowest BCUT2D eigenvalue weighted by Crippen LogP contribution is -2.30.